The average Bonchev–Trinajstić information content (AvgIpc) is 3.30. The molecule has 0 unspecified atom stereocenters. The van der Waals surface area contributed by atoms with E-state index in [-0.39, 0.29) is 5.91 Å². The first-order valence-electron chi connectivity index (χ1n) is 11.5. The number of nitrogens with one attached hydrogen (secondary N) is 1. The lowest BCUT2D eigenvalue weighted by atomic mass is 10.0. The zero-order chi connectivity index (χ0) is 23.7. The molecule has 0 saturated carbocycles. The molecule has 4 heterocycles. The lowest BCUT2D eigenvalue weighted by Gasteiger charge is -2.35. The smallest absolute Gasteiger partial charge is 0.257 e. The van der Waals surface area contributed by atoms with Gasteiger partial charge in [-0.05, 0) is 62.2 Å². The Morgan fingerprint density at radius 1 is 1.00 bits per heavy atom. The molecule has 0 atom stereocenters. The molecule has 1 fully saturated rings. The van der Waals surface area contributed by atoms with E-state index in [0.29, 0.717) is 17.4 Å². The van der Waals surface area contributed by atoms with Crippen molar-refractivity contribution in [3.8, 4) is 11.1 Å². The summed E-state index contributed by atoms with van der Waals surface area (Å²) in [6.45, 7) is 1.87. The Kier molecular flexibility index (Phi) is 5.98. The fraction of sp³-hybridized carbons (Fsp3) is 0.308. The van der Waals surface area contributed by atoms with Crippen LogP contribution in [0.3, 0.4) is 0 Å². The quantitative estimate of drug-likeness (QED) is 0.493. The van der Waals surface area contributed by atoms with Crippen molar-refractivity contribution in [3.63, 3.8) is 0 Å². The third-order valence-corrected chi connectivity index (χ3v) is 6.53. The molecule has 0 bridgehead atoms. The summed E-state index contributed by atoms with van der Waals surface area (Å²) in [6, 6.07) is 12.3. The zero-order valence-electron chi connectivity index (χ0n) is 19.8. The Morgan fingerprint density at radius 3 is 2.56 bits per heavy atom. The number of carbonyl (C=O) groups is 1. The van der Waals surface area contributed by atoms with Crippen LogP contribution < -0.4 is 10.2 Å². The SMILES string of the molecule is CN(C)C1CCN(c2cc(C(=O)Nc3cc4cc(-c5cnn(C)c5)ccc4cn3)ccn2)CC1. The van der Waals surface area contributed by atoms with Crippen LogP contribution >= 0.6 is 0 Å². The summed E-state index contributed by atoms with van der Waals surface area (Å²) in [5.74, 6) is 1.17. The highest BCUT2D eigenvalue weighted by Crippen LogP contribution is 2.26. The predicted octanol–water partition coefficient (Wildman–Crippen LogP) is 3.81. The molecule has 174 valence electrons. The van der Waals surface area contributed by atoms with Gasteiger partial charge in [0, 0.05) is 61.3 Å². The van der Waals surface area contributed by atoms with Crippen LogP contribution in [0, 0.1) is 0 Å². The zero-order valence-corrected chi connectivity index (χ0v) is 19.8. The van der Waals surface area contributed by atoms with E-state index in [9.17, 15) is 4.79 Å². The number of nitrogens with zero attached hydrogens (tertiary/aromatic N) is 6. The summed E-state index contributed by atoms with van der Waals surface area (Å²) < 4.78 is 1.78. The fourth-order valence-corrected chi connectivity index (χ4v) is 4.49. The second-order valence-electron chi connectivity index (χ2n) is 9.07. The van der Waals surface area contributed by atoms with Crippen molar-refractivity contribution in [2.45, 2.75) is 18.9 Å². The topological polar surface area (TPSA) is 79.2 Å². The van der Waals surface area contributed by atoms with Gasteiger partial charge in [-0.25, -0.2) is 9.97 Å². The molecule has 1 N–H and O–H groups in total. The molecule has 0 radical (unpaired) electrons. The Balaban J connectivity index is 1.32. The van der Waals surface area contributed by atoms with Gasteiger partial charge in [0.1, 0.15) is 11.6 Å². The molecular formula is C26H29N7O. The van der Waals surface area contributed by atoms with Gasteiger partial charge in [-0.2, -0.15) is 5.10 Å². The number of rotatable bonds is 5. The molecule has 34 heavy (non-hydrogen) atoms. The molecule has 8 heteroatoms. The molecule has 4 aromatic rings. The van der Waals surface area contributed by atoms with Crippen molar-refractivity contribution in [2.24, 2.45) is 7.05 Å². The maximum atomic E-state index is 13.0. The molecule has 0 spiro atoms. The van der Waals surface area contributed by atoms with Gasteiger partial charge in [-0.15, -0.1) is 0 Å². The lowest BCUT2D eigenvalue weighted by molar-refractivity contribution is 0.102. The van der Waals surface area contributed by atoms with Crippen molar-refractivity contribution >= 4 is 28.3 Å². The molecule has 1 saturated heterocycles. The second kappa shape index (κ2) is 9.23. The molecule has 1 aliphatic heterocycles. The van der Waals surface area contributed by atoms with E-state index >= 15 is 0 Å². The van der Waals surface area contributed by atoms with Crippen molar-refractivity contribution in [3.05, 3.63) is 66.7 Å². The van der Waals surface area contributed by atoms with Crippen LogP contribution in [0.25, 0.3) is 21.9 Å². The highest BCUT2D eigenvalue weighted by molar-refractivity contribution is 6.05. The predicted molar refractivity (Wildman–Crippen MR) is 135 cm³/mol. The molecule has 1 amide bonds. The van der Waals surface area contributed by atoms with Crippen LogP contribution in [0.4, 0.5) is 11.6 Å². The van der Waals surface area contributed by atoms with E-state index in [1.807, 2.05) is 37.6 Å². The molecule has 0 aliphatic carbocycles. The standard InChI is InChI=1S/C26H29N7O/c1-31(2)23-7-10-33(11-8-23)25-14-19(6-9-27-25)26(34)30-24-13-21-12-18(4-5-20(21)15-28-24)22-16-29-32(3)17-22/h4-6,9,12-17,23H,7-8,10-11H2,1-3H3,(H,28,30,34). The number of hydrogen-bond acceptors (Lipinski definition) is 6. The number of fused-ring (bicyclic) bond motifs is 1. The van der Waals surface area contributed by atoms with Crippen LogP contribution in [-0.2, 0) is 7.05 Å². The lowest BCUT2D eigenvalue weighted by Crippen LogP contribution is -2.42. The van der Waals surface area contributed by atoms with Crippen LogP contribution in [-0.4, -0.2) is 63.8 Å². The first-order valence-corrected chi connectivity index (χ1v) is 11.5. The largest absolute Gasteiger partial charge is 0.356 e. The molecular weight excluding hydrogens is 426 g/mol. The first-order chi connectivity index (χ1) is 16.5. The number of anilines is 2. The van der Waals surface area contributed by atoms with E-state index < -0.39 is 0 Å². The molecule has 8 nitrogen and oxygen atoms in total. The number of aryl methyl sites for hydroxylation is 1. The van der Waals surface area contributed by atoms with Crippen molar-refractivity contribution in [2.75, 3.05) is 37.4 Å². The highest BCUT2D eigenvalue weighted by atomic mass is 16.1. The van der Waals surface area contributed by atoms with Gasteiger partial charge < -0.3 is 15.1 Å². The van der Waals surface area contributed by atoms with Crippen molar-refractivity contribution < 1.29 is 4.79 Å². The Morgan fingerprint density at radius 2 is 1.82 bits per heavy atom. The van der Waals surface area contributed by atoms with E-state index in [1.54, 1.807) is 23.1 Å². The third-order valence-electron chi connectivity index (χ3n) is 6.53. The number of hydrogen-bond donors (Lipinski definition) is 1. The van der Waals surface area contributed by atoms with Crippen LogP contribution in [0.2, 0.25) is 0 Å². The third kappa shape index (κ3) is 4.63. The number of piperidine rings is 1. The minimum atomic E-state index is -0.193. The number of amides is 1. The number of benzene rings is 1. The van der Waals surface area contributed by atoms with Gasteiger partial charge in [0.2, 0.25) is 0 Å². The molecule has 3 aromatic heterocycles. The highest BCUT2D eigenvalue weighted by Gasteiger charge is 2.22. The summed E-state index contributed by atoms with van der Waals surface area (Å²) in [4.78, 5) is 26.5. The number of carbonyl (C=O) groups excluding carboxylic acids is 1. The fourth-order valence-electron chi connectivity index (χ4n) is 4.49. The summed E-state index contributed by atoms with van der Waals surface area (Å²) in [7, 11) is 6.16. The normalized spacial score (nSPS) is 14.6. The minimum absolute atomic E-state index is 0.193. The van der Waals surface area contributed by atoms with Gasteiger partial charge in [0.05, 0.1) is 6.20 Å². The number of aromatic nitrogens is 4. The molecule has 1 aromatic carbocycles. The maximum Gasteiger partial charge on any atom is 0.257 e. The van der Waals surface area contributed by atoms with E-state index in [1.165, 1.54) is 0 Å². The summed E-state index contributed by atoms with van der Waals surface area (Å²) >= 11 is 0. The summed E-state index contributed by atoms with van der Waals surface area (Å²) in [5, 5.41) is 9.22. The number of pyridine rings is 2. The Labute approximate surface area is 199 Å². The van der Waals surface area contributed by atoms with Gasteiger partial charge >= 0.3 is 0 Å². The van der Waals surface area contributed by atoms with Crippen LogP contribution in [0.15, 0.2) is 61.2 Å². The Hall–Kier alpha value is -3.78. The van der Waals surface area contributed by atoms with Gasteiger partial charge in [0.15, 0.2) is 0 Å². The first kappa shape index (κ1) is 22.0. The summed E-state index contributed by atoms with van der Waals surface area (Å²) in [6.07, 6.45) is 9.49. The van der Waals surface area contributed by atoms with E-state index in [4.69, 9.17) is 0 Å². The van der Waals surface area contributed by atoms with Crippen molar-refractivity contribution in [1.29, 1.82) is 0 Å². The Bertz CT molecular complexity index is 1320. The van der Waals surface area contributed by atoms with E-state index in [0.717, 1.165) is 53.6 Å². The van der Waals surface area contributed by atoms with Crippen molar-refractivity contribution in [1.82, 2.24) is 24.6 Å². The van der Waals surface area contributed by atoms with Gasteiger partial charge in [0.25, 0.3) is 5.91 Å². The van der Waals surface area contributed by atoms with Gasteiger partial charge in [-0.3, -0.25) is 9.48 Å². The van der Waals surface area contributed by atoms with Crippen LogP contribution in [0.1, 0.15) is 23.2 Å². The monoisotopic (exact) mass is 455 g/mol. The maximum absolute atomic E-state index is 13.0. The molecule has 1 aliphatic rings. The molecule has 5 rings (SSSR count). The van der Waals surface area contributed by atoms with E-state index in [2.05, 4.69) is 56.4 Å². The summed E-state index contributed by atoms with van der Waals surface area (Å²) in [5.41, 5.74) is 2.69. The second-order valence-corrected chi connectivity index (χ2v) is 9.07. The minimum Gasteiger partial charge on any atom is -0.356 e. The van der Waals surface area contributed by atoms with Gasteiger partial charge in [-0.1, -0.05) is 12.1 Å². The van der Waals surface area contributed by atoms with Crippen LogP contribution in [0.5, 0.6) is 0 Å². The average molecular weight is 456 g/mol.